The highest BCUT2D eigenvalue weighted by molar-refractivity contribution is 7.22. The monoisotopic (exact) mass is 1030 g/mol. The molecule has 0 spiro atoms. The Morgan fingerprint density at radius 1 is 0.730 bits per heavy atom. The Hall–Kier alpha value is -6.69. The first-order chi connectivity index (χ1) is 35.7. The minimum atomic E-state index is -0.877. The maximum absolute atomic E-state index is 14.7. The van der Waals surface area contributed by atoms with Gasteiger partial charge in [-0.1, -0.05) is 51.1 Å². The predicted octanol–water partition coefficient (Wildman–Crippen LogP) is 8.87. The summed E-state index contributed by atoms with van der Waals surface area (Å²) in [5.74, 6) is 2.13. The van der Waals surface area contributed by atoms with Gasteiger partial charge in [0.15, 0.2) is 5.75 Å². The maximum Gasteiger partial charge on any atom is 0.246 e. The van der Waals surface area contributed by atoms with E-state index in [0.717, 1.165) is 56.5 Å². The van der Waals surface area contributed by atoms with Crippen LogP contribution in [0.2, 0.25) is 0 Å². The highest BCUT2D eigenvalue weighted by Crippen LogP contribution is 2.47. The molecule has 5 N–H and O–H groups in total. The lowest BCUT2D eigenvalue weighted by atomic mass is 9.83. The lowest BCUT2D eigenvalue weighted by molar-refractivity contribution is -0.147. The number of carbonyl (C=O) groups excluding carboxylic acids is 3. The molecule has 2 aliphatic rings. The molecule has 0 saturated carbocycles. The molecule has 74 heavy (non-hydrogen) atoms. The number of likely N-dealkylation sites (N-methyl/N-ethyl adjacent to an activating group) is 1. The number of nitrogens with zero attached hydrogens (tertiary/aromatic N) is 1. The molecule has 1 aliphatic carbocycles. The molecule has 3 amide bonds. The van der Waals surface area contributed by atoms with Crippen molar-refractivity contribution in [2.24, 2.45) is 5.41 Å². The van der Waals surface area contributed by atoms with Crippen molar-refractivity contribution in [2.75, 3.05) is 59.9 Å². The second kappa shape index (κ2) is 25.0. The lowest BCUT2D eigenvalue weighted by Gasteiger charge is -2.41. The highest BCUT2D eigenvalue weighted by Gasteiger charge is 2.43. The minimum Gasteiger partial charge on any atom is -0.508 e. The normalized spacial score (nSPS) is 16.1. The molecule has 0 fully saturated rings. The van der Waals surface area contributed by atoms with Crippen molar-refractivity contribution >= 4 is 39.1 Å². The van der Waals surface area contributed by atoms with Crippen LogP contribution in [0.5, 0.6) is 34.5 Å². The molecule has 8 rings (SSSR count). The van der Waals surface area contributed by atoms with Crippen LogP contribution >= 0.6 is 11.3 Å². The molecule has 1 unspecified atom stereocenters. The largest absolute Gasteiger partial charge is 0.508 e. The number of phenolic OH excluding ortho intramolecular Hbond substituents is 2. The number of nitrogens with one attached hydrogen (secondary N) is 3. The standard InChI is InChI=1S/C58H68N4O11S/c1-37(59-5)55(65)61-54(58(2,3)4)57(67)62-36-41-33-46(19-15-40(41)34-50(62)56(66)60-49-12-8-10-38-9-6-7-11-47(38)49)72-32-30-70-28-26-68-25-27-69-29-31-71-44-20-22-45(23-21-44)73-52-48-24-18-43(64)35-51(48)74-53(52)39-13-16-42(63)17-14-39/h6-7,9,11,13-24,33,35,37,49-50,54,59,63-64H,8,10,12,25-32,34,36H2,1-5H3,(H,60,66)(H,61,65)/t37-,49+,50?,54+/m0/s1. The molecule has 1 aromatic heterocycles. The number of hydrogen-bond donors (Lipinski definition) is 5. The first kappa shape index (κ1) is 53.6. The van der Waals surface area contributed by atoms with Gasteiger partial charge in [-0.2, -0.15) is 0 Å². The summed E-state index contributed by atoms with van der Waals surface area (Å²) in [6.45, 7) is 10.6. The van der Waals surface area contributed by atoms with Gasteiger partial charge in [0.2, 0.25) is 17.7 Å². The average Bonchev–Trinajstić information content (AvgIpc) is 3.75. The lowest BCUT2D eigenvalue weighted by Crippen LogP contribution is -2.62. The van der Waals surface area contributed by atoms with Crippen molar-refractivity contribution in [3.63, 3.8) is 0 Å². The zero-order valence-electron chi connectivity index (χ0n) is 42.8. The fraction of sp³-hybridized carbons (Fsp3) is 0.397. The Morgan fingerprint density at radius 2 is 1.36 bits per heavy atom. The number of amides is 3. The van der Waals surface area contributed by atoms with E-state index in [4.69, 9.17) is 28.4 Å². The molecule has 2 heterocycles. The summed E-state index contributed by atoms with van der Waals surface area (Å²) >= 11 is 1.50. The van der Waals surface area contributed by atoms with Crippen molar-refractivity contribution in [2.45, 2.75) is 84.1 Å². The summed E-state index contributed by atoms with van der Waals surface area (Å²) in [6.07, 6.45) is 3.07. The van der Waals surface area contributed by atoms with Crippen molar-refractivity contribution in [1.82, 2.24) is 20.9 Å². The smallest absolute Gasteiger partial charge is 0.246 e. The van der Waals surface area contributed by atoms with E-state index < -0.39 is 23.5 Å². The number of rotatable bonds is 23. The molecule has 0 radical (unpaired) electrons. The van der Waals surface area contributed by atoms with E-state index >= 15 is 0 Å². The molecule has 15 nitrogen and oxygen atoms in total. The van der Waals surface area contributed by atoms with Crippen LogP contribution in [0.15, 0.2) is 109 Å². The van der Waals surface area contributed by atoms with Crippen molar-refractivity contribution < 1.29 is 53.0 Å². The van der Waals surface area contributed by atoms with Crippen LogP contribution in [0.3, 0.4) is 0 Å². The Bertz CT molecular complexity index is 2850. The van der Waals surface area contributed by atoms with Gasteiger partial charge in [-0.15, -0.1) is 11.3 Å². The van der Waals surface area contributed by atoms with Gasteiger partial charge < -0.3 is 59.5 Å². The van der Waals surface area contributed by atoms with Gasteiger partial charge in [0.05, 0.1) is 56.6 Å². The highest BCUT2D eigenvalue weighted by atomic mass is 32.1. The van der Waals surface area contributed by atoms with Gasteiger partial charge in [-0.25, -0.2) is 0 Å². The quantitative estimate of drug-likeness (QED) is 0.0385. The van der Waals surface area contributed by atoms with E-state index in [2.05, 4.69) is 28.1 Å². The number of carbonyl (C=O) groups is 3. The van der Waals surface area contributed by atoms with Crippen molar-refractivity contribution in [3.8, 4) is 44.9 Å². The van der Waals surface area contributed by atoms with Gasteiger partial charge in [0.25, 0.3) is 0 Å². The summed E-state index contributed by atoms with van der Waals surface area (Å²) in [6, 6.07) is 31.2. The number of benzene rings is 5. The molecular formula is C58H68N4O11S. The van der Waals surface area contributed by atoms with Crippen molar-refractivity contribution in [1.29, 1.82) is 0 Å². The molecular weight excluding hydrogens is 961 g/mol. The molecule has 16 heteroatoms. The van der Waals surface area contributed by atoms with E-state index in [1.54, 1.807) is 43.1 Å². The van der Waals surface area contributed by atoms with E-state index in [1.807, 2.05) is 93.6 Å². The van der Waals surface area contributed by atoms with Crippen molar-refractivity contribution in [3.05, 3.63) is 131 Å². The molecule has 6 aromatic rings. The summed E-state index contributed by atoms with van der Waals surface area (Å²) in [5, 5.41) is 30.0. The zero-order chi connectivity index (χ0) is 52.2. The van der Waals surface area contributed by atoms with Crippen LogP contribution in [0, 0.1) is 5.41 Å². The van der Waals surface area contributed by atoms with E-state index in [1.165, 1.54) is 16.9 Å². The van der Waals surface area contributed by atoms with Crippen LogP contribution in [-0.4, -0.2) is 111 Å². The average molecular weight is 1030 g/mol. The second-order valence-electron chi connectivity index (χ2n) is 19.7. The van der Waals surface area contributed by atoms with Gasteiger partial charge in [0.1, 0.15) is 54.0 Å². The van der Waals surface area contributed by atoms with Gasteiger partial charge >= 0.3 is 0 Å². The first-order valence-corrected chi connectivity index (χ1v) is 26.2. The third-order valence-corrected chi connectivity index (χ3v) is 14.5. The SMILES string of the molecule is CN[C@@H](C)C(=O)N[C@H](C(=O)N1Cc2cc(OCCOCCOCCOCCOc3ccc(Oc4c(-c5ccc(O)cc5)sc5cc(O)ccc45)cc3)ccc2CC1C(=O)N[C@@H]1CCCc2ccccc21)C(C)(C)C. The first-order valence-electron chi connectivity index (χ1n) is 25.4. The number of fused-ring (bicyclic) bond motifs is 3. The fourth-order valence-corrected chi connectivity index (χ4v) is 10.3. The topological polar surface area (TPSA) is 186 Å². The molecule has 0 bridgehead atoms. The fourth-order valence-electron chi connectivity index (χ4n) is 9.17. The third-order valence-electron chi connectivity index (χ3n) is 13.3. The van der Waals surface area contributed by atoms with Gasteiger partial charge in [-0.05, 0) is 145 Å². The third kappa shape index (κ3) is 13.7. The number of hydrogen-bond acceptors (Lipinski definition) is 13. The van der Waals surface area contributed by atoms with Crippen LogP contribution in [-0.2, 0) is 48.0 Å². The van der Waals surface area contributed by atoms with Crippen LogP contribution in [0.25, 0.3) is 20.5 Å². The van der Waals surface area contributed by atoms with Crippen LogP contribution in [0.4, 0.5) is 0 Å². The minimum absolute atomic E-state index is 0.149. The van der Waals surface area contributed by atoms with Gasteiger partial charge in [0, 0.05) is 23.1 Å². The van der Waals surface area contributed by atoms with E-state index in [0.29, 0.717) is 82.3 Å². The molecule has 0 saturated heterocycles. The Balaban J connectivity index is 0.751. The molecule has 392 valence electrons. The predicted molar refractivity (Wildman–Crippen MR) is 285 cm³/mol. The summed E-state index contributed by atoms with van der Waals surface area (Å²) in [5.41, 5.74) is 4.44. The summed E-state index contributed by atoms with van der Waals surface area (Å²) < 4.78 is 36.4. The number of aryl methyl sites for hydroxylation is 1. The number of thiophene rings is 1. The second-order valence-corrected chi connectivity index (χ2v) is 20.7. The molecule has 4 atom stereocenters. The van der Waals surface area contributed by atoms with Gasteiger partial charge in [-0.3, -0.25) is 14.4 Å². The number of phenols is 2. The Labute approximate surface area is 437 Å². The van der Waals surface area contributed by atoms with Crippen LogP contribution < -0.4 is 30.2 Å². The summed E-state index contributed by atoms with van der Waals surface area (Å²) in [7, 11) is 1.70. The Kier molecular flexibility index (Phi) is 18.1. The molecule has 1 aliphatic heterocycles. The number of ether oxygens (including phenoxy) is 6. The van der Waals surface area contributed by atoms with E-state index in [-0.39, 0.29) is 41.8 Å². The Morgan fingerprint density at radius 3 is 2.05 bits per heavy atom. The maximum atomic E-state index is 14.7. The zero-order valence-corrected chi connectivity index (χ0v) is 43.6. The summed E-state index contributed by atoms with van der Waals surface area (Å²) in [4.78, 5) is 44.7. The van der Waals surface area contributed by atoms with E-state index in [9.17, 15) is 24.6 Å². The van der Waals surface area contributed by atoms with Crippen LogP contribution in [0.1, 0.15) is 68.8 Å². The number of aromatic hydroxyl groups is 2. The molecule has 5 aromatic carbocycles.